The minimum Gasteiger partial charge on any atom is -0.508 e. The zero-order valence-corrected chi connectivity index (χ0v) is 21.4. The zero-order valence-electron chi connectivity index (χ0n) is 20.6. The van der Waals surface area contributed by atoms with Gasteiger partial charge in [0.2, 0.25) is 5.91 Å². The van der Waals surface area contributed by atoms with Crippen molar-refractivity contribution in [1.29, 1.82) is 0 Å². The molecule has 1 aliphatic rings. The Morgan fingerprint density at radius 2 is 1.74 bits per heavy atom. The maximum Gasteiger partial charge on any atom is 0.221 e. The lowest BCUT2D eigenvalue weighted by atomic mass is 9.94. The number of aliphatic hydroxyl groups is 1. The number of halogens is 1. The number of amides is 1. The van der Waals surface area contributed by atoms with Gasteiger partial charge in [-0.15, -0.1) is 0 Å². The first-order valence-electron chi connectivity index (χ1n) is 12.9. The molecule has 192 valence electrons. The van der Waals surface area contributed by atoms with Gasteiger partial charge in [-0.2, -0.15) is 0 Å². The minimum absolute atomic E-state index is 0.104. The largest absolute Gasteiger partial charge is 0.508 e. The predicted octanol–water partition coefficient (Wildman–Crippen LogP) is 4.05. The number of hydrogen-bond donors (Lipinski definition) is 4. The van der Waals surface area contributed by atoms with Crippen molar-refractivity contribution in [1.82, 2.24) is 15.5 Å². The normalized spacial score (nSPS) is 14.4. The van der Waals surface area contributed by atoms with E-state index >= 15 is 0 Å². The molecule has 1 aliphatic carbocycles. The number of rotatable bonds is 14. The number of nitrogens with zero attached hydrogens (tertiary/aromatic N) is 1. The standard InChI is InChI=1S/C28H40ClN3O3/c29-25-6-4-5-22(20-25)12-15-31-28(35)13-17-32(26-7-2-1-3-8-26)18-16-30-14-11-23-9-10-27(34)24(19-23)21-33/h4-6,9-10,19-20,26,30,33-34H,1-3,7-8,11-18,21H2,(H,31,35). The number of benzene rings is 2. The summed E-state index contributed by atoms with van der Waals surface area (Å²) in [6.07, 6.45) is 8.43. The van der Waals surface area contributed by atoms with Gasteiger partial charge >= 0.3 is 0 Å². The van der Waals surface area contributed by atoms with E-state index in [1.807, 2.05) is 36.4 Å². The van der Waals surface area contributed by atoms with Crippen LogP contribution in [0.4, 0.5) is 0 Å². The van der Waals surface area contributed by atoms with Gasteiger partial charge in [-0.05, 0) is 67.6 Å². The number of hydrogen-bond acceptors (Lipinski definition) is 5. The quantitative estimate of drug-likeness (QED) is 0.293. The molecule has 0 saturated heterocycles. The third kappa shape index (κ3) is 9.80. The van der Waals surface area contributed by atoms with Crippen molar-refractivity contribution in [2.75, 3.05) is 32.7 Å². The molecule has 1 fully saturated rings. The molecule has 7 heteroatoms. The Balaban J connectivity index is 1.38. The topological polar surface area (TPSA) is 84.8 Å². The average molecular weight is 502 g/mol. The SMILES string of the molecule is O=C(CCN(CCNCCc1ccc(O)c(CO)c1)C1CCCCC1)NCCc1cccc(Cl)c1. The number of aromatic hydroxyl groups is 1. The summed E-state index contributed by atoms with van der Waals surface area (Å²) < 4.78 is 0. The Morgan fingerprint density at radius 3 is 2.51 bits per heavy atom. The van der Waals surface area contributed by atoms with E-state index in [2.05, 4.69) is 15.5 Å². The molecule has 0 bridgehead atoms. The fourth-order valence-electron chi connectivity index (χ4n) is 4.80. The monoisotopic (exact) mass is 501 g/mol. The van der Waals surface area contributed by atoms with E-state index in [0.29, 0.717) is 24.6 Å². The molecular weight excluding hydrogens is 462 g/mol. The molecule has 0 aliphatic heterocycles. The van der Waals surface area contributed by atoms with Crippen molar-refractivity contribution in [3.05, 3.63) is 64.2 Å². The number of aliphatic hydroxyl groups excluding tert-OH is 1. The molecular formula is C28H40ClN3O3. The molecule has 0 aromatic heterocycles. The highest BCUT2D eigenvalue weighted by Crippen LogP contribution is 2.22. The van der Waals surface area contributed by atoms with E-state index in [9.17, 15) is 15.0 Å². The van der Waals surface area contributed by atoms with Gasteiger partial charge < -0.3 is 20.8 Å². The Labute approximate surface area is 214 Å². The van der Waals surface area contributed by atoms with Crippen molar-refractivity contribution < 1.29 is 15.0 Å². The maximum atomic E-state index is 12.5. The van der Waals surface area contributed by atoms with Crippen LogP contribution in [0.3, 0.4) is 0 Å². The molecule has 0 unspecified atom stereocenters. The van der Waals surface area contributed by atoms with Gasteiger partial charge in [0, 0.05) is 49.2 Å². The van der Waals surface area contributed by atoms with Crippen LogP contribution in [0.15, 0.2) is 42.5 Å². The molecule has 3 rings (SSSR count). The Kier molecular flexibility index (Phi) is 11.8. The summed E-state index contributed by atoms with van der Waals surface area (Å²) >= 11 is 6.04. The second-order valence-corrected chi connectivity index (χ2v) is 9.87. The molecule has 1 amide bonds. The number of carbonyl (C=O) groups is 1. The van der Waals surface area contributed by atoms with Crippen LogP contribution in [0.1, 0.15) is 55.2 Å². The smallest absolute Gasteiger partial charge is 0.221 e. The average Bonchev–Trinajstić information content (AvgIpc) is 2.87. The number of carbonyl (C=O) groups excluding carboxylic acids is 1. The summed E-state index contributed by atoms with van der Waals surface area (Å²) in [7, 11) is 0. The highest BCUT2D eigenvalue weighted by molar-refractivity contribution is 6.30. The fraction of sp³-hybridized carbons (Fsp3) is 0.536. The lowest BCUT2D eigenvalue weighted by molar-refractivity contribution is -0.121. The second kappa shape index (κ2) is 15.1. The summed E-state index contributed by atoms with van der Waals surface area (Å²) in [4.78, 5) is 15.0. The van der Waals surface area contributed by atoms with Crippen molar-refractivity contribution in [2.45, 2.75) is 64.0 Å². The van der Waals surface area contributed by atoms with Crippen molar-refractivity contribution in [3.63, 3.8) is 0 Å². The van der Waals surface area contributed by atoms with Gasteiger partial charge in [-0.3, -0.25) is 9.69 Å². The van der Waals surface area contributed by atoms with Gasteiger partial charge in [-0.25, -0.2) is 0 Å². The third-order valence-electron chi connectivity index (χ3n) is 6.82. The van der Waals surface area contributed by atoms with E-state index in [4.69, 9.17) is 11.6 Å². The van der Waals surface area contributed by atoms with E-state index in [-0.39, 0.29) is 18.3 Å². The van der Waals surface area contributed by atoms with Crippen LogP contribution in [-0.4, -0.2) is 59.8 Å². The van der Waals surface area contributed by atoms with E-state index in [1.165, 1.54) is 32.1 Å². The highest BCUT2D eigenvalue weighted by atomic mass is 35.5. The summed E-state index contributed by atoms with van der Waals surface area (Å²) in [5.74, 6) is 0.244. The molecule has 2 aromatic rings. The molecule has 0 radical (unpaired) electrons. The molecule has 0 spiro atoms. The van der Waals surface area contributed by atoms with E-state index in [1.54, 1.807) is 6.07 Å². The second-order valence-electron chi connectivity index (χ2n) is 9.43. The first-order chi connectivity index (χ1) is 17.0. The number of phenols is 1. The molecule has 35 heavy (non-hydrogen) atoms. The van der Waals surface area contributed by atoms with Gasteiger partial charge in [0.25, 0.3) is 0 Å². The van der Waals surface area contributed by atoms with Gasteiger partial charge in [0.1, 0.15) is 5.75 Å². The fourth-order valence-corrected chi connectivity index (χ4v) is 5.01. The minimum atomic E-state index is -0.155. The van der Waals surface area contributed by atoms with Gasteiger partial charge in [0.05, 0.1) is 6.61 Å². The number of nitrogens with one attached hydrogen (secondary N) is 2. The molecule has 1 saturated carbocycles. The first kappa shape index (κ1) is 27.5. The molecule has 4 N–H and O–H groups in total. The third-order valence-corrected chi connectivity index (χ3v) is 7.06. The van der Waals surface area contributed by atoms with Crippen LogP contribution >= 0.6 is 11.6 Å². The van der Waals surface area contributed by atoms with Crippen LogP contribution in [0.2, 0.25) is 5.02 Å². The van der Waals surface area contributed by atoms with Gasteiger partial charge in [-0.1, -0.05) is 49.1 Å². The van der Waals surface area contributed by atoms with E-state index in [0.717, 1.165) is 55.2 Å². The summed E-state index contributed by atoms with van der Waals surface area (Å²) in [6, 6.07) is 13.7. The molecule has 6 nitrogen and oxygen atoms in total. The Morgan fingerprint density at radius 1 is 0.971 bits per heavy atom. The van der Waals surface area contributed by atoms with Crippen LogP contribution in [0, 0.1) is 0 Å². The van der Waals surface area contributed by atoms with Crippen LogP contribution in [0.25, 0.3) is 0 Å². The summed E-state index contributed by atoms with van der Waals surface area (Å²) in [6.45, 7) is 3.89. The van der Waals surface area contributed by atoms with Crippen molar-refractivity contribution >= 4 is 17.5 Å². The van der Waals surface area contributed by atoms with Gasteiger partial charge in [0.15, 0.2) is 0 Å². The zero-order chi connectivity index (χ0) is 24.9. The molecule has 2 aromatic carbocycles. The van der Waals surface area contributed by atoms with Crippen LogP contribution in [-0.2, 0) is 24.2 Å². The van der Waals surface area contributed by atoms with Crippen molar-refractivity contribution in [2.24, 2.45) is 0 Å². The maximum absolute atomic E-state index is 12.5. The van der Waals surface area contributed by atoms with E-state index < -0.39 is 0 Å². The predicted molar refractivity (Wildman–Crippen MR) is 142 cm³/mol. The first-order valence-corrected chi connectivity index (χ1v) is 13.3. The molecule has 0 atom stereocenters. The Hall–Kier alpha value is -2.12. The lowest BCUT2D eigenvalue weighted by Gasteiger charge is -2.34. The summed E-state index contributed by atoms with van der Waals surface area (Å²) in [5, 5.41) is 26.3. The van der Waals surface area contributed by atoms with Crippen molar-refractivity contribution in [3.8, 4) is 5.75 Å². The van der Waals surface area contributed by atoms with Crippen LogP contribution < -0.4 is 10.6 Å². The molecule has 0 heterocycles. The summed E-state index contributed by atoms with van der Waals surface area (Å²) in [5.41, 5.74) is 2.79. The van der Waals surface area contributed by atoms with Crippen LogP contribution in [0.5, 0.6) is 5.75 Å². The highest BCUT2D eigenvalue weighted by Gasteiger charge is 2.21. The Bertz CT molecular complexity index is 918. The lowest BCUT2D eigenvalue weighted by Crippen LogP contribution is -2.43.